The van der Waals surface area contributed by atoms with Crippen molar-refractivity contribution >= 4 is 29.0 Å². The summed E-state index contributed by atoms with van der Waals surface area (Å²) >= 11 is 1.30. The minimum atomic E-state index is -0.0884. The highest BCUT2D eigenvalue weighted by molar-refractivity contribution is 7.99. The number of tetrazole rings is 1. The third-order valence-electron chi connectivity index (χ3n) is 4.67. The number of thioether (sulfide) groups is 1. The van der Waals surface area contributed by atoms with E-state index in [4.69, 9.17) is 4.42 Å². The van der Waals surface area contributed by atoms with E-state index in [1.165, 1.54) is 30.3 Å². The molecule has 8 nitrogen and oxygen atoms in total. The molecule has 0 spiro atoms. The molecule has 146 valence electrons. The third-order valence-corrected chi connectivity index (χ3v) is 5.63. The lowest BCUT2D eigenvalue weighted by molar-refractivity contribution is -0.113. The van der Waals surface area contributed by atoms with Gasteiger partial charge in [0, 0.05) is 24.5 Å². The fraction of sp³-hybridized carbons (Fsp3) is 0.368. The highest BCUT2D eigenvalue weighted by Crippen LogP contribution is 2.26. The first-order valence-electron chi connectivity index (χ1n) is 9.26. The smallest absolute Gasteiger partial charge is 0.234 e. The number of furan rings is 1. The summed E-state index contributed by atoms with van der Waals surface area (Å²) in [7, 11) is 0. The molecule has 1 aromatic carbocycles. The molecule has 0 aliphatic carbocycles. The van der Waals surface area contributed by atoms with Gasteiger partial charge in [-0.3, -0.25) is 4.79 Å². The Labute approximate surface area is 167 Å². The van der Waals surface area contributed by atoms with Crippen LogP contribution in [-0.2, 0) is 11.3 Å². The van der Waals surface area contributed by atoms with Crippen LogP contribution in [0.4, 0.5) is 11.4 Å². The molecule has 0 radical (unpaired) electrons. The van der Waals surface area contributed by atoms with E-state index in [1.807, 2.05) is 25.1 Å². The van der Waals surface area contributed by atoms with Crippen molar-refractivity contribution in [2.75, 3.05) is 29.1 Å². The van der Waals surface area contributed by atoms with Crippen molar-refractivity contribution in [3.63, 3.8) is 0 Å². The van der Waals surface area contributed by atoms with Gasteiger partial charge in [0.1, 0.15) is 12.3 Å². The maximum absolute atomic E-state index is 12.4. The average Bonchev–Trinajstić information content (AvgIpc) is 3.45. The van der Waals surface area contributed by atoms with Crippen LogP contribution in [0.15, 0.2) is 46.2 Å². The van der Waals surface area contributed by atoms with Gasteiger partial charge in [-0.25, -0.2) is 4.68 Å². The number of rotatable bonds is 7. The molecule has 1 N–H and O–H groups in total. The molecule has 4 rings (SSSR count). The van der Waals surface area contributed by atoms with E-state index in [0.29, 0.717) is 11.7 Å². The van der Waals surface area contributed by atoms with Crippen molar-refractivity contribution in [1.82, 2.24) is 20.2 Å². The van der Waals surface area contributed by atoms with E-state index in [-0.39, 0.29) is 11.7 Å². The summed E-state index contributed by atoms with van der Waals surface area (Å²) in [4.78, 5) is 14.8. The summed E-state index contributed by atoms with van der Waals surface area (Å²) in [6.07, 6.45) is 4.10. The Bertz CT molecular complexity index is 934. The average molecular weight is 398 g/mol. The minimum Gasteiger partial charge on any atom is -0.467 e. The summed E-state index contributed by atoms with van der Waals surface area (Å²) in [5.74, 6) is 0.896. The van der Waals surface area contributed by atoms with Gasteiger partial charge in [-0.05, 0) is 66.1 Å². The second-order valence-corrected chi connectivity index (χ2v) is 7.67. The van der Waals surface area contributed by atoms with Gasteiger partial charge in [-0.1, -0.05) is 11.8 Å². The lowest BCUT2D eigenvalue weighted by Crippen LogP contribution is -2.18. The van der Waals surface area contributed by atoms with Gasteiger partial charge in [0.25, 0.3) is 0 Å². The molecule has 1 amide bonds. The van der Waals surface area contributed by atoms with Gasteiger partial charge in [-0.2, -0.15) is 0 Å². The molecule has 0 atom stereocenters. The molecular weight excluding hydrogens is 376 g/mol. The molecule has 1 aliphatic heterocycles. The first kappa shape index (κ1) is 18.5. The number of benzene rings is 1. The predicted molar refractivity (Wildman–Crippen MR) is 108 cm³/mol. The Balaban J connectivity index is 1.33. The molecule has 0 bridgehead atoms. The van der Waals surface area contributed by atoms with E-state index >= 15 is 0 Å². The summed E-state index contributed by atoms with van der Waals surface area (Å²) in [5.41, 5.74) is 3.12. The van der Waals surface area contributed by atoms with Crippen molar-refractivity contribution in [3.8, 4) is 0 Å². The zero-order chi connectivity index (χ0) is 19.3. The molecule has 0 saturated carbocycles. The molecule has 28 heavy (non-hydrogen) atoms. The summed E-state index contributed by atoms with van der Waals surface area (Å²) in [6.45, 7) is 4.66. The van der Waals surface area contributed by atoms with Crippen molar-refractivity contribution in [1.29, 1.82) is 0 Å². The van der Waals surface area contributed by atoms with Crippen LogP contribution >= 0.6 is 11.8 Å². The van der Waals surface area contributed by atoms with Crippen LogP contribution in [0.25, 0.3) is 0 Å². The van der Waals surface area contributed by atoms with Crippen LogP contribution in [-0.4, -0.2) is 45.0 Å². The minimum absolute atomic E-state index is 0.0884. The molecule has 3 heterocycles. The highest BCUT2D eigenvalue weighted by Gasteiger charge is 2.15. The maximum atomic E-state index is 12.4. The normalized spacial score (nSPS) is 13.8. The van der Waals surface area contributed by atoms with Crippen molar-refractivity contribution in [3.05, 3.63) is 47.9 Å². The Hall–Kier alpha value is -2.81. The van der Waals surface area contributed by atoms with E-state index < -0.39 is 0 Å². The number of aromatic nitrogens is 4. The number of carbonyl (C=O) groups excluding carboxylic acids is 1. The largest absolute Gasteiger partial charge is 0.467 e. The number of hydrogen-bond acceptors (Lipinski definition) is 7. The SMILES string of the molecule is Cc1cc(N2CCCC2)ccc1NC(=O)CSc1nnnn1Cc1ccco1. The number of aryl methyl sites for hydroxylation is 1. The van der Waals surface area contributed by atoms with Crippen LogP contribution in [0.1, 0.15) is 24.2 Å². The van der Waals surface area contributed by atoms with Gasteiger partial charge < -0.3 is 14.6 Å². The van der Waals surface area contributed by atoms with Gasteiger partial charge in [0.2, 0.25) is 11.1 Å². The van der Waals surface area contributed by atoms with Gasteiger partial charge in [0.15, 0.2) is 0 Å². The second kappa shape index (κ2) is 8.47. The topological polar surface area (TPSA) is 89.1 Å². The van der Waals surface area contributed by atoms with E-state index in [9.17, 15) is 4.79 Å². The molecular formula is C19H22N6O2S. The van der Waals surface area contributed by atoms with Crippen LogP contribution in [0.3, 0.4) is 0 Å². The zero-order valence-electron chi connectivity index (χ0n) is 15.7. The lowest BCUT2D eigenvalue weighted by atomic mass is 10.1. The summed E-state index contributed by atoms with van der Waals surface area (Å²) < 4.78 is 6.94. The molecule has 1 fully saturated rings. The number of anilines is 2. The predicted octanol–water partition coefficient (Wildman–Crippen LogP) is 2.95. The highest BCUT2D eigenvalue weighted by atomic mass is 32.2. The maximum Gasteiger partial charge on any atom is 0.234 e. The zero-order valence-corrected chi connectivity index (χ0v) is 16.5. The Morgan fingerprint density at radius 3 is 2.89 bits per heavy atom. The monoisotopic (exact) mass is 398 g/mol. The molecule has 2 aromatic heterocycles. The Kier molecular flexibility index (Phi) is 5.61. The quantitative estimate of drug-likeness (QED) is 0.612. The van der Waals surface area contributed by atoms with E-state index in [2.05, 4.69) is 37.9 Å². The number of hydrogen-bond donors (Lipinski definition) is 1. The van der Waals surface area contributed by atoms with Crippen molar-refractivity contribution in [2.45, 2.75) is 31.5 Å². The molecule has 0 unspecified atom stereocenters. The van der Waals surface area contributed by atoms with Crippen LogP contribution in [0.5, 0.6) is 0 Å². The number of carbonyl (C=O) groups is 1. The van der Waals surface area contributed by atoms with Crippen molar-refractivity contribution in [2.24, 2.45) is 0 Å². The number of amides is 1. The van der Waals surface area contributed by atoms with E-state index in [0.717, 1.165) is 30.1 Å². The van der Waals surface area contributed by atoms with Crippen LogP contribution in [0.2, 0.25) is 0 Å². The first-order valence-corrected chi connectivity index (χ1v) is 10.2. The molecule has 9 heteroatoms. The summed E-state index contributed by atoms with van der Waals surface area (Å²) in [6, 6.07) is 9.87. The summed E-state index contributed by atoms with van der Waals surface area (Å²) in [5, 5.41) is 15.2. The Morgan fingerprint density at radius 2 is 2.14 bits per heavy atom. The lowest BCUT2D eigenvalue weighted by Gasteiger charge is -2.19. The molecule has 3 aromatic rings. The number of nitrogens with one attached hydrogen (secondary N) is 1. The first-order chi connectivity index (χ1) is 13.7. The Morgan fingerprint density at radius 1 is 1.29 bits per heavy atom. The molecule has 1 aliphatic rings. The van der Waals surface area contributed by atoms with Gasteiger partial charge >= 0.3 is 0 Å². The van der Waals surface area contributed by atoms with E-state index in [1.54, 1.807) is 10.9 Å². The van der Waals surface area contributed by atoms with Gasteiger partial charge in [-0.15, -0.1) is 5.10 Å². The van der Waals surface area contributed by atoms with Gasteiger partial charge in [0.05, 0.1) is 12.0 Å². The molecule has 1 saturated heterocycles. The number of nitrogens with zero attached hydrogens (tertiary/aromatic N) is 5. The van der Waals surface area contributed by atoms with Crippen LogP contribution < -0.4 is 10.2 Å². The van der Waals surface area contributed by atoms with Crippen molar-refractivity contribution < 1.29 is 9.21 Å². The third kappa shape index (κ3) is 4.36. The standard InChI is InChI=1S/C19H22N6O2S/c1-14-11-15(24-8-2-3-9-24)6-7-17(14)20-18(26)13-28-19-21-22-23-25(19)12-16-5-4-10-27-16/h4-7,10-11H,2-3,8-9,12-13H2,1H3,(H,20,26). The fourth-order valence-electron chi connectivity index (χ4n) is 3.23. The van der Waals surface area contributed by atoms with Crippen LogP contribution in [0, 0.1) is 6.92 Å². The fourth-order valence-corrected chi connectivity index (χ4v) is 3.90. The second-order valence-electron chi connectivity index (χ2n) is 6.73.